The number of amides is 2. The molecule has 0 bridgehead atoms. The van der Waals surface area contributed by atoms with Crippen LogP contribution in [0.4, 0.5) is 13.6 Å². The lowest BCUT2D eigenvalue weighted by Crippen LogP contribution is -2.56. The summed E-state index contributed by atoms with van der Waals surface area (Å²) in [7, 11) is 2.55. The van der Waals surface area contributed by atoms with E-state index in [-0.39, 0.29) is 0 Å². The number of halogens is 2. The zero-order valence-electron chi connectivity index (χ0n) is 28.4. The lowest BCUT2D eigenvalue weighted by molar-refractivity contribution is -0.137. The summed E-state index contributed by atoms with van der Waals surface area (Å²) in [6, 6.07) is 18.9. The minimum absolute atomic E-state index is 0.329. The van der Waals surface area contributed by atoms with Gasteiger partial charge in [-0.05, 0) is 64.9 Å². The fourth-order valence-corrected chi connectivity index (χ4v) is 7.41. The number of aromatic amines is 1. The van der Waals surface area contributed by atoms with E-state index in [2.05, 4.69) is 61.4 Å². The van der Waals surface area contributed by atoms with E-state index in [1.165, 1.54) is 39.9 Å². The number of hydrogen-bond donors (Lipinski definition) is 2. The lowest BCUT2D eigenvalue weighted by Gasteiger charge is -2.31. The van der Waals surface area contributed by atoms with Gasteiger partial charge in [0.1, 0.15) is 11.9 Å². The molecule has 0 radical (unpaired) electrons. The van der Waals surface area contributed by atoms with Gasteiger partial charge in [-0.15, -0.1) is 0 Å². The number of carbonyl (C=O) groups excluding carboxylic acids is 2. The Bertz CT molecular complexity index is 1960. The molecule has 2 fully saturated rings. The Labute approximate surface area is 289 Å². The first kappa shape index (κ1) is 33.6. The van der Waals surface area contributed by atoms with E-state index in [1.807, 2.05) is 30.5 Å². The number of likely N-dealkylation sites (tertiary alicyclic amines) is 1. The minimum atomic E-state index is -3.10. The fraction of sp³-hybridized carbons (Fsp3) is 0.385. The lowest BCUT2D eigenvalue weighted by atomic mass is 9.95. The summed E-state index contributed by atoms with van der Waals surface area (Å²) in [4.78, 5) is 39.4. The number of fused-ring (bicyclic) bond motifs is 1. The Morgan fingerprint density at radius 2 is 1.62 bits per heavy atom. The first-order valence-electron chi connectivity index (χ1n) is 17.1. The van der Waals surface area contributed by atoms with Crippen LogP contribution in [0.25, 0.3) is 38.7 Å². The number of imidazole rings is 1. The van der Waals surface area contributed by atoms with Gasteiger partial charge in [0.2, 0.25) is 5.91 Å². The van der Waals surface area contributed by atoms with Crippen molar-refractivity contribution in [1.82, 2.24) is 20.2 Å². The Morgan fingerprint density at radius 3 is 2.32 bits per heavy atom. The molecule has 3 aliphatic rings. The standard InChI is InChI=1S/C39H41F2N5O4/c1-23(49-2)35(45-38(48)50-3)37(47)46-22-39(40,41)19-34(46)32-18-31(20-42-32)25-10-8-24(9-11-25)27-12-13-29-17-30(15-14-28(29)16-27)33-21-43-36(44-33)26-6-4-5-7-26/h8-17,20-21,23,26,34-35H,4-7,18-19,22H2,1-3H3,(H,43,44)(H,45,48)/t23-,34+,35+/m1/s1. The first-order valence-corrected chi connectivity index (χ1v) is 17.1. The molecule has 3 aromatic carbocycles. The van der Waals surface area contributed by atoms with Gasteiger partial charge in [0.15, 0.2) is 0 Å². The molecule has 2 amide bonds. The monoisotopic (exact) mass is 681 g/mol. The highest BCUT2D eigenvalue weighted by Crippen LogP contribution is 2.38. The van der Waals surface area contributed by atoms with Crippen LogP contribution in [0.2, 0.25) is 0 Å². The van der Waals surface area contributed by atoms with Crippen LogP contribution >= 0.6 is 0 Å². The Hall–Kier alpha value is -4.90. The molecule has 2 N–H and O–H groups in total. The molecule has 1 saturated carbocycles. The van der Waals surface area contributed by atoms with Gasteiger partial charge in [0, 0.05) is 43.3 Å². The van der Waals surface area contributed by atoms with Crippen molar-refractivity contribution in [3.63, 3.8) is 0 Å². The highest BCUT2D eigenvalue weighted by atomic mass is 19.3. The maximum absolute atomic E-state index is 14.8. The number of rotatable bonds is 9. The minimum Gasteiger partial charge on any atom is -0.453 e. The van der Waals surface area contributed by atoms with Crippen molar-refractivity contribution in [1.29, 1.82) is 0 Å². The number of nitrogens with zero attached hydrogens (tertiary/aromatic N) is 3. The maximum atomic E-state index is 14.8. The number of alkyl halides is 2. The van der Waals surface area contributed by atoms with Crippen LogP contribution in [0, 0.1) is 0 Å². The van der Waals surface area contributed by atoms with Crippen LogP contribution in [0.1, 0.15) is 62.8 Å². The Balaban J connectivity index is 1.03. The molecule has 1 aliphatic carbocycles. The number of alkyl carbamates (subject to hydrolysis) is 1. The largest absolute Gasteiger partial charge is 0.453 e. The predicted molar refractivity (Wildman–Crippen MR) is 189 cm³/mol. The van der Waals surface area contributed by atoms with Crippen molar-refractivity contribution >= 4 is 34.1 Å². The highest BCUT2D eigenvalue weighted by Gasteiger charge is 2.51. The van der Waals surface area contributed by atoms with Crippen LogP contribution in [0.3, 0.4) is 0 Å². The topological polar surface area (TPSA) is 109 Å². The summed E-state index contributed by atoms with van der Waals surface area (Å²) in [5.74, 6) is -2.13. The van der Waals surface area contributed by atoms with Crippen molar-refractivity contribution in [3.8, 4) is 22.4 Å². The van der Waals surface area contributed by atoms with Crippen LogP contribution in [-0.4, -0.2) is 77.5 Å². The van der Waals surface area contributed by atoms with E-state index in [4.69, 9.17) is 4.74 Å². The number of benzene rings is 3. The molecule has 260 valence electrons. The van der Waals surface area contributed by atoms with Gasteiger partial charge in [-0.1, -0.05) is 61.4 Å². The first-order chi connectivity index (χ1) is 24.1. The van der Waals surface area contributed by atoms with Gasteiger partial charge in [0.05, 0.1) is 37.7 Å². The van der Waals surface area contributed by atoms with Crippen molar-refractivity contribution in [2.24, 2.45) is 4.99 Å². The van der Waals surface area contributed by atoms with Crippen molar-refractivity contribution in [2.45, 2.75) is 75.5 Å². The molecule has 2 aliphatic heterocycles. The van der Waals surface area contributed by atoms with Gasteiger partial charge < -0.3 is 24.7 Å². The van der Waals surface area contributed by atoms with Crippen molar-refractivity contribution < 1.29 is 27.8 Å². The van der Waals surface area contributed by atoms with Gasteiger partial charge >= 0.3 is 6.09 Å². The molecule has 1 saturated heterocycles. The second-order valence-corrected chi connectivity index (χ2v) is 13.6. The third-order valence-electron chi connectivity index (χ3n) is 10.3. The SMILES string of the molecule is COC(=O)N[C@H](C(=O)N1CC(F)(F)C[C@H]1C1=NC=C(c2ccc(-c3ccc4cc(-c5cnc(C6CCCC6)[nH]5)ccc4c3)cc2)C1)[C@@H](C)OC. The van der Waals surface area contributed by atoms with E-state index >= 15 is 0 Å². The number of aromatic nitrogens is 2. The van der Waals surface area contributed by atoms with Crippen molar-refractivity contribution in [3.05, 3.63) is 84.4 Å². The number of carbonyl (C=O) groups is 2. The summed E-state index contributed by atoms with van der Waals surface area (Å²) < 4.78 is 39.5. The summed E-state index contributed by atoms with van der Waals surface area (Å²) in [6.45, 7) is 0.812. The zero-order chi connectivity index (χ0) is 35.0. The van der Waals surface area contributed by atoms with E-state index < -0.39 is 49.1 Å². The Kier molecular flexibility index (Phi) is 9.26. The third kappa shape index (κ3) is 6.79. The van der Waals surface area contributed by atoms with E-state index in [0.29, 0.717) is 18.1 Å². The molecular formula is C39H41F2N5O4. The number of nitrogens with one attached hydrogen (secondary N) is 2. The number of hydrogen-bond acceptors (Lipinski definition) is 6. The molecule has 0 unspecified atom stereocenters. The number of methoxy groups -OCH3 is 2. The predicted octanol–water partition coefficient (Wildman–Crippen LogP) is 7.74. The Morgan fingerprint density at radius 1 is 0.960 bits per heavy atom. The second-order valence-electron chi connectivity index (χ2n) is 13.6. The molecule has 3 heterocycles. The molecule has 0 spiro atoms. The quantitative estimate of drug-likeness (QED) is 0.188. The molecule has 1 aromatic heterocycles. The highest BCUT2D eigenvalue weighted by molar-refractivity contribution is 6.04. The summed E-state index contributed by atoms with van der Waals surface area (Å²) >= 11 is 0. The van der Waals surface area contributed by atoms with Gasteiger partial charge in [-0.25, -0.2) is 18.6 Å². The molecular weight excluding hydrogens is 640 g/mol. The summed E-state index contributed by atoms with van der Waals surface area (Å²) in [5.41, 5.74) is 6.59. The normalized spacial score (nSPS) is 20.1. The molecule has 11 heteroatoms. The second kappa shape index (κ2) is 13.8. The van der Waals surface area contributed by atoms with Crippen LogP contribution in [-0.2, 0) is 14.3 Å². The average Bonchev–Trinajstić information content (AvgIpc) is 3.96. The van der Waals surface area contributed by atoms with E-state index in [1.54, 1.807) is 13.1 Å². The van der Waals surface area contributed by atoms with Crippen LogP contribution < -0.4 is 5.32 Å². The van der Waals surface area contributed by atoms with Gasteiger partial charge in [-0.3, -0.25) is 9.79 Å². The van der Waals surface area contributed by atoms with Crippen LogP contribution in [0.5, 0.6) is 0 Å². The average molecular weight is 682 g/mol. The number of ether oxygens (including phenoxy) is 2. The van der Waals surface area contributed by atoms with Gasteiger partial charge in [0.25, 0.3) is 5.92 Å². The smallest absolute Gasteiger partial charge is 0.407 e. The van der Waals surface area contributed by atoms with E-state index in [0.717, 1.165) is 55.0 Å². The van der Waals surface area contributed by atoms with Gasteiger partial charge in [-0.2, -0.15) is 0 Å². The number of allylic oxidation sites excluding steroid dienone is 1. The van der Waals surface area contributed by atoms with Crippen molar-refractivity contribution in [2.75, 3.05) is 20.8 Å². The van der Waals surface area contributed by atoms with Crippen LogP contribution in [0.15, 0.2) is 78.1 Å². The maximum Gasteiger partial charge on any atom is 0.407 e. The molecule has 9 nitrogen and oxygen atoms in total. The summed E-state index contributed by atoms with van der Waals surface area (Å²) in [6.07, 6.45) is 6.76. The molecule has 3 atom stereocenters. The molecule has 7 rings (SSSR count). The number of H-pyrrole nitrogens is 1. The molecule has 4 aromatic rings. The number of aliphatic imine (C=N–C) groups is 1. The third-order valence-corrected chi connectivity index (χ3v) is 10.3. The zero-order valence-corrected chi connectivity index (χ0v) is 28.4. The summed E-state index contributed by atoms with van der Waals surface area (Å²) in [5, 5.41) is 4.72. The van der Waals surface area contributed by atoms with E-state index in [9.17, 15) is 18.4 Å². The fourth-order valence-electron chi connectivity index (χ4n) is 7.41. The molecule has 50 heavy (non-hydrogen) atoms.